The van der Waals surface area contributed by atoms with E-state index in [0.29, 0.717) is 22.6 Å². The Labute approximate surface area is 141 Å². The van der Waals surface area contributed by atoms with E-state index in [1.54, 1.807) is 26.5 Å². The van der Waals surface area contributed by atoms with Crippen molar-refractivity contribution in [3.8, 4) is 11.5 Å². The van der Waals surface area contributed by atoms with Crippen LogP contribution in [-0.4, -0.2) is 31.2 Å². The van der Waals surface area contributed by atoms with Gasteiger partial charge < -0.3 is 9.47 Å². The number of thioether (sulfide) groups is 1. The maximum Gasteiger partial charge on any atom is 0.196 e. The van der Waals surface area contributed by atoms with Crippen LogP contribution in [0.1, 0.15) is 32.6 Å². The number of ketones is 1. The molecule has 23 heavy (non-hydrogen) atoms. The fourth-order valence-corrected chi connectivity index (χ4v) is 3.06. The van der Waals surface area contributed by atoms with E-state index in [0.717, 1.165) is 21.7 Å². The monoisotopic (exact) mass is 331 g/mol. The van der Waals surface area contributed by atoms with E-state index in [-0.39, 0.29) is 5.78 Å². The van der Waals surface area contributed by atoms with Crippen molar-refractivity contribution in [3.63, 3.8) is 0 Å². The van der Waals surface area contributed by atoms with Crippen molar-refractivity contribution >= 4 is 17.5 Å². The van der Waals surface area contributed by atoms with E-state index in [4.69, 9.17) is 9.47 Å². The molecular formula is C18H21NO3S. The summed E-state index contributed by atoms with van der Waals surface area (Å²) in [7, 11) is 3.15. The average molecular weight is 331 g/mol. The summed E-state index contributed by atoms with van der Waals surface area (Å²) in [5, 5.41) is 0.743. The normalized spacial score (nSPS) is 10.5. The van der Waals surface area contributed by atoms with Gasteiger partial charge in [0.05, 0.1) is 19.8 Å². The Morgan fingerprint density at radius 2 is 1.65 bits per heavy atom. The van der Waals surface area contributed by atoms with Crippen LogP contribution in [0.4, 0.5) is 0 Å². The van der Waals surface area contributed by atoms with Crippen molar-refractivity contribution in [3.05, 3.63) is 46.1 Å². The molecule has 2 rings (SSSR count). The molecular weight excluding hydrogens is 310 g/mol. The van der Waals surface area contributed by atoms with Gasteiger partial charge in [-0.15, -0.1) is 11.8 Å². The van der Waals surface area contributed by atoms with Gasteiger partial charge in [0.15, 0.2) is 17.3 Å². The number of aromatic nitrogens is 1. The van der Waals surface area contributed by atoms with Gasteiger partial charge in [0, 0.05) is 11.8 Å². The summed E-state index contributed by atoms with van der Waals surface area (Å²) in [6.07, 6.45) is 3.73. The molecule has 0 aliphatic carbocycles. The number of rotatable bonds is 5. The van der Waals surface area contributed by atoms with Crippen LogP contribution in [-0.2, 0) is 0 Å². The summed E-state index contributed by atoms with van der Waals surface area (Å²) in [6, 6.07) is 3.56. The number of hydrogen-bond acceptors (Lipinski definition) is 5. The van der Waals surface area contributed by atoms with Crippen molar-refractivity contribution in [2.45, 2.75) is 25.8 Å². The zero-order valence-electron chi connectivity index (χ0n) is 14.3. The molecule has 0 unspecified atom stereocenters. The summed E-state index contributed by atoms with van der Waals surface area (Å²) in [5.74, 6) is 1.12. The number of hydrogen-bond donors (Lipinski definition) is 0. The molecule has 1 heterocycles. The van der Waals surface area contributed by atoms with Gasteiger partial charge in [-0.25, -0.2) is 4.98 Å². The van der Waals surface area contributed by atoms with E-state index < -0.39 is 0 Å². The summed E-state index contributed by atoms with van der Waals surface area (Å²) in [4.78, 5) is 17.5. The van der Waals surface area contributed by atoms with E-state index in [9.17, 15) is 4.79 Å². The van der Waals surface area contributed by atoms with E-state index in [1.807, 2.05) is 33.1 Å². The van der Waals surface area contributed by atoms with Crippen molar-refractivity contribution in [1.29, 1.82) is 0 Å². The molecule has 0 atom stereocenters. The van der Waals surface area contributed by atoms with E-state index >= 15 is 0 Å². The molecule has 1 aromatic carbocycles. The molecule has 0 amide bonds. The number of benzene rings is 1. The van der Waals surface area contributed by atoms with E-state index in [2.05, 4.69) is 4.98 Å². The second-order valence-electron chi connectivity index (χ2n) is 5.30. The van der Waals surface area contributed by atoms with Gasteiger partial charge in [-0.3, -0.25) is 4.79 Å². The van der Waals surface area contributed by atoms with Gasteiger partial charge >= 0.3 is 0 Å². The van der Waals surface area contributed by atoms with Crippen molar-refractivity contribution in [2.75, 3.05) is 20.5 Å². The van der Waals surface area contributed by atoms with Gasteiger partial charge in [-0.1, -0.05) is 0 Å². The van der Waals surface area contributed by atoms with Crippen molar-refractivity contribution in [2.24, 2.45) is 0 Å². The molecule has 0 bridgehead atoms. The fourth-order valence-electron chi connectivity index (χ4n) is 2.46. The largest absolute Gasteiger partial charge is 0.493 e. The Hall–Kier alpha value is -2.01. The highest BCUT2D eigenvalue weighted by Gasteiger charge is 2.22. The molecule has 0 aliphatic heterocycles. The second-order valence-corrected chi connectivity index (χ2v) is 6.10. The highest BCUT2D eigenvalue weighted by Crippen LogP contribution is 2.33. The number of carbonyl (C=O) groups excluding carboxylic acids is 1. The third kappa shape index (κ3) is 3.20. The number of carbonyl (C=O) groups is 1. The first-order valence-corrected chi connectivity index (χ1v) is 8.44. The number of pyridine rings is 1. The minimum atomic E-state index is -0.0403. The maximum atomic E-state index is 13.1. The Morgan fingerprint density at radius 3 is 2.22 bits per heavy atom. The SMILES string of the molecule is COc1cc(C)c(C(=O)c2c(SC)ncc(C)c2C)cc1OC. The molecule has 0 aliphatic rings. The topological polar surface area (TPSA) is 48.4 Å². The molecule has 0 spiro atoms. The quantitative estimate of drug-likeness (QED) is 0.613. The Kier molecular flexibility index (Phi) is 5.31. The van der Waals surface area contributed by atoms with Crippen LogP contribution in [0, 0.1) is 20.8 Å². The highest BCUT2D eigenvalue weighted by atomic mass is 32.2. The predicted molar refractivity (Wildman–Crippen MR) is 93.2 cm³/mol. The Balaban J connectivity index is 2.64. The number of nitrogens with zero attached hydrogens (tertiary/aromatic N) is 1. The average Bonchev–Trinajstić information content (AvgIpc) is 2.56. The van der Waals surface area contributed by atoms with Gasteiger partial charge in [0.25, 0.3) is 0 Å². The third-order valence-corrected chi connectivity index (χ3v) is 4.65. The number of ether oxygens (including phenoxy) is 2. The lowest BCUT2D eigenvalue weighted by molar-refractivity contribution is 0.103. The highest BCUT2D eigenvalue weighted by molar-refractivity contribution is 7.98. The van der Waals surface area contributed by atoms with Crippen LogP contribution in [0.5, 0.6) is 11.5 Å². The molecule has 0 N–H and O–H groups in total. The van der Waals surface area contributed by atoms with Gasteiger partial charge in [0.1, 0.15) is 5.03 Å². The molecule has 0 saturated carbocycles. The lowest BCUT2D eigenvalue weighted by Crippen LogP contribution is -2.10. The minimum Gasteiger partial charge on any atom is -0.493 e. The molecule has 5 heteroatoms. The zero-order chi connectivity index (χ0) is 17.1. The van der Waals surface area contributed by atoms with Crippen LogP contribution in [0.2, 0.25) is 0 Å². The lowest BCUT2D eigenvalue weighted by atomic mass is 9.95. The summed E-state index contributed by atoms with van der Waals surface area (Å²) < 4.78 is 10.6. The van der Waals surface area contributed by atoms with Crippen LogP contribution in [0.25, 0.3) is 0 Å². The Bertz CT molecular complexity index is 756. The van der Waals surface area contributed by atoms with Gasteiger partial charge in [0.2, 0.25) is 0 Å². The zero-order valence-corrected chi connectivity index (χ0v) is 15.1. The van der Waals surface area contributed by atoms with Crippen LogP contribution in [0.15, 0.2) is 23.4 Å². The van der Waals surface area contributed by atoms with Crippen molar-refractivity contribution in [1.82, 2.24) is 4.98 Å². The summed E-state index contributed by atoms with van der Waals surface area (Å²) >= 11 is 1.48. The van der Waals surface area contributed by atoms with E-state index in [1.165, 1.54) is 11.8 Å². The standard InChI is InChI=1S/C18H21NO3S/c1-10-7-14(21-4)15(22-5)8-13(10)17(20)16-12(3)11(2)9-19-18(16)23-6/h7-9H,1-6H3. The molecule has 2 aromatic rings. The molecule has 122 valence electrons. The summed E-state index contributed by atoms with van der Waals surface area (Å²) in [6.45, 7) is 5.82. The first kappa shape index (κ1) is 17.3. The maximum absolute atomic E-state index is 13.1. The first-order valence-electron chi connectivity index (χ1n) is 7.22. The Morgan fingerprint density at radius 1 is 1.04 bits per heavy atom. The van der Waals surface area contributed by atoms with Gasteiger partial charge in [-0.2, -0.15) is 0 Å². The fraction of sp³-hybridized carbons (Fsp3) is 0.333. The first-order chi connectivity index (χ1) is 10.9. The molecule has 0 saturated heterocycles. The molecule has 0 fully saturated rings. The second kappa shape index (κ2) is 7.04. The van der Waals surface area contributed by atoms with Crippen LogP contribution >= 0.6 is 11.8 Å². The predicted octanol–water partition coefficient (Wildman–Crippen LogP) is 3.98. The molecule has 4 nitrogen and oxygen atoms in total. The van der Waals surface area contributed by atoms with Gasteiger partial charge in [-0.05, 0) is 55.9 Å². The number of aryl methyl sites for hydroxylation is 2. The molecule has 0 radical (unpaired) electrons. The minimum absolute atomic E-state index is 0.0403. The third-order valence-electron chi connectivity index (χ3n) is 3.95. The summed E-state index contributed by atoms with van der Waals surface area (Å²) in [5.41, 5.74) is 4.08. The van der Waals surface area contributed by atoms with Crippen LogP contribution < -0.4 is 9.47 Å². The lowest BCUT2D eigenvalue weighted by Gasteiger charge is -2.15. The van der Waals surface area contributed by atoms with Crippen LogP contribution in [0.3, 0.4) is 0 Å². The number of methoxy groups -OCH3 is 2. The van der Waals surface area contributed by atoms with Crippen molar-refractivity contribution < 1.29 is 14.3 Å². The smallest absolute Gasteiger partial charge is 0.196 e. The molecule has 1 aromatic heterocycles.